The van der Waals surface area contributed by atoms with Crippen molar-refractivity contribution in [3.05, 3.63) is 44.9 Å². The molecule has 2 aromatic rings. The molecular formula is C18H23ClF2N4O2S. The van der Waals surface area contributed by atoms with Crippen LogP contribution in [-0.2, 0) is 17.8 Å². The number of rotatable bonds is 8. The van der Waals surface area contributed by atoms with Gasteiger partial charge < -0.3 is 19.7 Å². The topological polar surface area (TPSA) is 59.0 Å². The Bertz CT molecular complexity index is 804. The molecule has 0 aliphatic rings. The average molecular weight is 433 g/mol. The summed E-state index contributed by atoms with van der Waals surface area (Å²) in [6, 6.07) is 4.51. The predicted octanol–water partition coefficient (Wildman–Crippen LogP) is 4.31. The highest BCUT2D eigenvalue weighted by Gasteiger charge is 2.14. The van der Waals surface area contributed by atoms with E-state index in [-0.39, 0.29) is 18.4 Å². The molecule has 0 aliphatic heterocycles. The lowest BCUT2D eigenvalue weighted by molar-refractivity contribution is -0.0504. The molecule has 10 heteroatoms. The van der Waals surface area contributed by atoms with E-state index in [1.165, 1.54) is 23.5 Å². The Morgan fingerprint density at radius 1 is 1.43 bits per heavy atom. The average Bonchev–Trinajstić information content (AvgIpc) is 3.11. The Hall–Kier alpha value is -1.97. The molecule has 0 aliphatic carbocycles. The van der Waals surface area contributed by atoms with Gasteiger partial charge in [0.1, 0.15) is 16.9 Å². The van der Waals surface area contributed by atoms with Crippen LogP contribution in [0.1, 0.15) is 29.3 Å². The molecule has 1 heterocycles. The zero-order valence-corrected chi connectivity index (χ0v) is 17.7. The van der Waals surface area contributed by atoms with E-state index in [2.05, 4.69) is 20.0 Å². The maximum atomic E-state index is 12.6. The first-order valence-corrected chi connectivity index (χ1v) is 9.72. The normalized spacial score (nSPS) is 12.9. The van der Waals surface area contributed by atoms with Gasteiger partial charge in [0, 0.05) is 43.7 Å². The van der Waals surface area contributed by atoms with Gasteiger partial charge in [0.05, 0.1) is 12.2 Å². The minimum atomic E-state index is -2.91. The maximum absolute atomic E-state index is 12.6. The Morgan fingerprint density at radius 2 is 2.18 bits per heavy atom. The standard InChI is InChI=1S/C18H23ClF2N4O2S/c1-11(26-4)16-24-14(10-28-16)9-25(3)18(22-2)23-8-12-7-13(19)5-6-15(12)27-17(20)21/h5-7,10-11,17H,8-9H2,1-4H3,(H,22,23). The third kappa shape index (κ3) is 6.29. The molecule has 0 fully saturated rings. The van der Waals surface area contributed by atoms with E-state index in [4.69, 9.17) is 16.3 Å². The van der Waals surface area contributed by atoms with E-state index in [0.717, 1.165) is 10.7 Å². The van der Waals surface area contributed by atoms with Crippen molar-refractivity contribution in [2.75, 3.05) is 21.2 Å². The summed E-state index contributed by atoms with van der Waals surface area (Å²) in [6.45, 7) is -0.211. The fourth-order valence-corrected chi connectivity index (χ4v) is 3.49. The molecule has 6 nitrogen and oxygen atoms in total. The number of halogens is 3. The van der Waals surface area contributed by atoms with Crippen molar-refractivity contribution in [2.45, 2.75) is 32.7 Å². The highest BCUT2D eigenvalue weighted by molar-refractivity contribution is 7.09. The molecule has 0 amide bonds. The quantitative estimate of drug-likeness (QED) is 0.497. The van der Waals surface area contributed by atoms with Gasteiger partial charge in [0.15, 0.2) is 5.96 Å². The lowest BCUT2D eigenvalue weighted by atomic mass is 10.2. The lowest BCUT2D eigenvalue weighted by Crippen LogP contribution is -2.38. The fraction of sp³-hybridized carbons (Fsp3) is 0.444. The van der Waals surface area contributed by atoms with Crippen LogP contribution in [0.5, 0.6) is 5.75 Å². The van der Waals surface area contributed by atoms with E-state index >= 15 is 0 Å². The Balaban J connectivity index is 2.02. The van der Waals surface area contributed by atoms with Crippen LogP contribution in [0.4, 0.5) is 8.78 Å². The molecule has 1 aromatic carbocycles. The number of nitrogens with zero attached hydrogens (tertiary/aromatic N) is 3. The highest BCUT2D eigenvalue weighted by atomic mass is 35.5. The van der Waals surface area contributed by atoms with E-state index < -0.39 is 6.61 Å². The summed E-state index contributed by atoms with van der Waals surface area (Å²) in [5.74, 6) is 0.653. The second-order valence-electron chi connectivity index (χ2n) is 5.94. The van der Waals surface area contributed by atoms with Crippen molar-refractivity contribution < 1.29 is 18.3 Å². The second-order valence-corrected chi connectivity index (χ2v) is 7.27. The molecule has 0 radical (unpaired) electrons. The number of aromatic nitrogens is 1. The molecule has 28 heavy (non-hydrogen) atoms. The number of hydrogen-bond acceptors (Lipinski definition) is 5. The molecule has 1 aromatic heterocycles. The smallest absolute Gasteiger partial charge is 0.387 e. The first-order valence-electron chi connectivity index (χ1n) is 8.46. The summed E-state index contributed by atoms with van der Waals surface area (Å²) in [5.41, 5.74) is 1.39. The number of alkyl halides is 2. The fourth-order valence-electron chi connectivity index (χ4n) is 2.46. The molecule has 0 saturated heterocycles. The summed E-state index contributed by atoms with van der Waals surface area (Å²) in [5, 5.41) is 6.44. The number of guanidine groups is 1. The van der Waals surface area contributed by atoms with Gasteiger partial charge in [-0.15, -0.1) is 11.3 Å². The van der Waals surface area contributed by atoms with Crippen molar-refractivity contribution in [1.82, 2.24) is 15.2 Å². The van der Waals surface area contributed by atoms with Gasteiger partial charge in [-0.1, -0.05) is 11.6 Å². The molecule has 1 unspecified atom stereocenters. The van der Waals surface area contributed by atoms with Gasteiger partial charge in [-0.25, -0.2) is 4.98 Å². The van der Waals surface area contributed by atoms with Crippen LogP contribution < -0.4 is 10.1 Å². The number of aliphatic imine (C=N–C) groups is 1. The first-order chi connectivity index (χ1) is 13.3. The summed E-state index contributed by atoms with van der Waals surface area (Å²) in [6.07, 6.45) is -0.0578. The third-order valence-corrected chi connectivity index (χ3v) is 5.21. The maximum Gasteiger partial charge on any atom is 0.387 e. The Morgan fingerprint density at radius 3 is 2.82 bits per heavy atom. The van der Waals surface area contributed by atoms with E-state index in [1.54, 1.807) is 20.2 Å². The van der Waals surface area contributed by atoms with Crippen LogP contribution in [0.25, 0.3) is 0 Å². The van der Waals surface area contributed by atoms with Gasteiger partial charge in [0.2, 0.25) is 0 Å². The largest absolute Gasteiger partial charge is 0.434 e. The zero-order valence-electron chi connectivity index (χ0n) is 16.1. The molecule has 2 rings (SSSR count). The van der Waals surface area contributed by atoms with Crippen molar-refractivity contribution in [3.8, 4) is 5.75 Å². The van der Waals surface area contributed by atoms with Gasteiger partial charge >= 0.3 is 6.61 Å². The van der Waals surface area contributed by atoms with Gasteiger partial charge in [-0.3, -0.25) is 4.99 Å². The molecule has 154 valence electrons. The molecule has 1 atom stereocenters. The van der Waals surface area contributed by atoms with E-state index in [0.29, 0.717) is 23.1 Å². The molecular weight excluding hydrogens is 410 g/mol. The third-order valence-electron chi connectivity index (χ3n) is 3.92. The number of methoxy groups -OCH3 is 1. The molecule has 0 bridgehead atoms. The van der Waals surface area contributed by atoms with E-state index in [1.807, 2.05) is 24.3 Å². The number of thiazole rings is 1. The minimum absolute atomic E-state index is 0.0578. The van der Waals surface area contributed by atoms with Crippen LogP contribution >= 0.6 is 22.9 Å². The molecule has 0 saturated carbocycles. The summed E-state index contributed by atoms with van der Waals surface area (Å²) in [7, 11) is 5.15. The van der Waals surface area contributed by atoms with Crippen LogP contribution in [0.2, 0.25) is 5.02 Å². The summed E-state index contributed by atoms with van der Waals surface area (Å²) in [4.78, 5) is 10.7. The van der Waals surface area contributed by atoms with Crippen LogP contribution in [-0.4, -0.2) is 43.7 Å². The van der Waals surface area contributed by atoms with Gasteiger partial charge in [-0.2, -0.15) is 8.78 Å². The lowest BCUT2D eigenvalue weighted by Gasteiger charge is -2.22. The number of hydrogen-bond donors (Lipinski definition) is 1. The Kier molecular flexibility index (Phi) is 8.40. The van der Waals surface area contributed by atoms with Crippen LogP contribution in [0, 0.1) is 0 Å². The SMILES string of the molecule is CN=C(NCc1cc(Cl)ccc1OC(F)F)N(C)Cc1csc(C(C)OC)n1. The monoisotopic (exact) mass is 432 g/mol. The van der Waals surface area contributed by atoms with Crippen molar-refractivity contribution >= 4 is 28.9 Å². The predicted molar refractivity (Wildman–Crippen MR) is 107 cm³/mol. The number of ether oxygens (including phenoxy) is 2. The number of nitrogens with one attached hydrogen (secondary N) is 1. The molecule has 1 N–H and O–H groups in total. The molecule has 0 spiro atoms. The van der Waals surface area contributed by atoms with E-state index in [9.17, 15) is 8.78 Å². The van der Waals surface area contributed by atoms with Crippen LogP contribution in [0.3, 0.4) is 0 Å². The number of benzene rings is 1. The van der Waals surface area contributed by atoms with Gasteiger partial charge in [-0.05, 0) is 25.1 Å². The van der Waals surface area contributed by atoms with Crippen molar-refractivity contribution in [3.63, 3.8) is 0 Å². The second kappa shape index (κ2) is 10.5. The summed E-state index contributed by atoms with van der Waals surface area (Å²) < 4.78 is 35.0. The van der Waals surface area contributed by atoms with Gasteiger partial charge in [0.25, 0.3) is 0 Å². The zero-order chi connectivity index (χ0) is 20.7. The first kappa shape index (κ1) is 22.3. The van der Waals surface area contributed by atoms with Crippen molar-refractivity contribution in [2.24, 2.45) is 4.99 Å². The minimum Gasteiger partial charge on any atom is -0.434 e. The van der Waals surface area contributed by atoms with Crippen LogP contribution in [0.15, 0.2) is 28.6 Å². The highest BCUT2D eigenvalue weighted by Crippen LogP contribution is 2.25. The Labute approximate surface area is 172 Å². The van der Waals surface area contributed by atoms with Crippen molar-refractivity contribution in [1.29, 1.82) is 0 Å². The summed E-state index contributed by atoms with van der Waals surface area (Å²) >= 11 is 7.52.